The predicted molar refractivity (Wildman–Crippen MR) is 121 cm³/mol. The van der Waals surface area contributed by atoms with Crippen molar-refractivity contribution in [3.63, 3.8) is 0 Å². The van der Waals surface area contributed by atoms with Gasteiger partial charge in [-0.2, -0.15) is 0 Å². The molecule has 2 N–H and O–H groups in total. The second kappa shape index (κ2) is 8.51. The lowest BCUT2D eigenvalue weighted by Crippen LogP contribution is -2.52. The number of anilines is 1. The summed E-state index contributed by atoms with van der Waals surface area (Å²) in [6.45, 7) is 5.74. The van der Waals surface area contributed by atoms with Crippen molar-refractivity contribution in [2.45, 2.75) is 32.4 Å². The van der Waals surface area contributed by atoms with E-state index in [1.807, 2.05) is 50.2 Å². The zero-order valence-electron chi connectivity index (χ0n) is 18.2. The molecule has 0 radical (unpaired) electrons. The van der Waals surface area contributed by atoms with Crippen molar-refractivity contribution in [2.75, 3.05) is 32.1 Å². The van der Waals surface area contributed by atoms with Gasteiger partial charge in [0.25, 0.3) is 5.91 Å². The van der Waals surface area contributed by atoms with Crippen molar-refractivity contribution in [3.05, 3.63) is 59.2 Å². The van der Waals surface area contributed by atoms with Crippen LogP contribution in [0.25, 0.3) is 0 Å². The minimum Gasteiger partial charge on any atom is -0.497 e. The molecule has 2 aliphatic rings. The van der Waals surface area contributed by atoms with E-state index in [1.165, 1.54) is 5.56 Å². The summed E-state index contributed by atoms with van der Waals surface area (Å²) in [6.07, 6.45) is 1.35. The molecule has 4 rings (SSSR count). The monoisotopic (exact) mass is 420 g/mol. The summed E-state index contributed by atoms with van der Waals surface area (Å²) < 4.78 is 5.18. The van der Waals surface area contributed by atoms with Gasteiger partial charge < -0.3 is 15.4 Å². The smallest absolute Gasteiger partial charge is 0.272 e. The first kappa shape index (κ1) is 21.1. The number of nitrogens with zero attached hydrogens (tertiary/aromatic N) is 2. The third-order valence-electron chi connectivity index (χ3n) is 5.96. The molecule has 0 aliphatic carbocycles. The lowest BCUT2D eigenvalue weighted by molar-refractivity contribution is -0.119. The van der Waals surface area contributed by atoms with Crippen LogP contribution in [-0.2, 0) is 9.59 Å². The van der Waals surface area contributed by atoms with E-state index in [9.17, 15) is 9.59 Å². The summed E-state index contributed by atoms with van der Waals surface area (Å²) in [5.74, 6) is 0.567. The van der Waals surface area contributed by atoms with Crippen LogP contribution in [0.5, 0.6) is 5.75 Å². The van der Waals surface area contributed by atoms with Crippen LogP contribution < -0.4 is 15.4 Å². The third kappa shape index (κ3) is 4.61. The number of rotatable bonds is 5. The number of aliphatic imine (C=N–C) groups is 1. The van der Waals surface area contributed by atoms with E-state index in [-0.39, 0.29) is 11.8 Å². The Kier molecular flexibility index (Phi) is 5.78. The molecule has 2 heterocycles. The van der Waals surface area contributed by atoms with E-state index in [0.29, 0.717) is 38.2 Å². The molecule has 2 aliphatic heterocycles. The summed E-state index contributed by atoms with van der Waals surface area (Å²) in [5, 5.41) is 6.07. The fraction of sp³-hybridized carbons (Fsp3) is 0.375. The second-order valence-electron chi connectivity index (χ2n) is 8.32. The van der Waals surface area contributed by atoms with Gasteiger partial charge in [-0.25, -0.2) is 0 Å². The number of benzene rings is 2. The zero-order chi connectivity index (χ0) is 22.0. The van der Waals surface area contributed by atoms with Gasteiger partial charge in [0.1, 0.15) is 17.1 Å². The van der Waals surface area contributed by atoms with Gasteiger partial charge in [-0.1, -0.05) is 17.7 Å². The highest BCUT2D eigenvalue weighted by Crippen LogP contribution is 2.29. The average molecular weight is 421 g/mol. The Morgan fingerprint density at radius 3 is 2.52 bits per heavy atom. The fourth-order valence-electron chi connectivity index (χ4n) is 4.17. The van der Waals surface area contributed by atoms with Gasteiger partial charge in [-0.15, -0.1) is 0 Å². The molecule has 7 nitrogen and oxygen atoms in total. The Balaban J connectivity index is 1.36. The average Bonchev–Trinajstić information content (AvgIpc) is 3.08. The van der Waals surface area contributed by atoms with Crippen molar-refractivity contribution in [2.24, 2.45) is 4.99 Å². The molecule has 1 saturated heterocycles. The number of hydrogen-bond acceptors (Lipinski definition) is 5. The molecule has 162 valence electrons. The van der Waals surface area contributed by atoms with Crippen molar-refractivity contribution in [1.29, 1.82) is 0 Å². The third-order valence-corrected chi connectivity index (χ3v) is 5.96. The van der Waals surface area contributed by atoms with E-state index in [2.05, 4.69) is 21.6 Å². The molecule has 31 heavy (non-hydrogen) atoms. The Bertz CT molecular complexity index is 1020. The molecule has 1 fully saturated rings. The molecule has 0 atom stereocenters. The first-order chi connectivity index (χ1) is 14.9. The molecule has 7 heteroatoms. The number of aryl methyl sites for hydroxylation is 2. The largest absolute Gasteiger partial charge is 0.497 e. The maximum absolute atomic E-state index is 12.6. The molecule has 0 aromatic heterocycles. The van der Waals surface area contributed by atoms with Crippen molar-refractivity contribution >= 4 is 23.2 Å². The standard InChI is InChI=1S/C24H28N4O3/c1-16-4-9-20(17(2)14-16)25-21(29)15-28-12-10-24(11-13-28)26-22(23(30)27-24)18-5-7-19(31-3)8-6-18/h4-9,14H,10-13,15H2,1-3H3,(H,25,29)(H,27,30). The second-order valence-corrected chi connectivity index (χ2v) is 8.32. The molecule has 0 unspecified atom stereocenters. The van der Waals surface area contributed by atoms with Gasteiger partial charge >= 0.3 is 0 Å². The number of carbonyl (C=O) groups is 2. The molecular formula is C24H28N4O3. The summed E-state index contributed by atoms with van der Waals surface area (Å²) in [6, 6.07) is 13.3. The molecule has 2 aromatic rings. The molecule has 0 saturated carbocycles. The van der Waals surface area contributed by atoms with Gasteiger partial charge in [-0.3, -0.25) is 19.5 Å². The van der Waals surface area contributed by atoms with Crippen molar-refractivity contribution in [3.8, 4) is 5.75 Å². The van der Waals surface area contributed by atoms with Crippen LogP contribution in [0.3, 0.4) is 0 Å². The number of carbonyl (C=O) groups excluding carboxylic acids is 2. The molecule has 2 aromatic carbocycles. The lowest BCUT2D eigenvalue weighted by atomic mass is 9.98. The molecule has 0 bridgehead atoms. The number of piperidine rings is 1. The topological polar surface area (TPSA) is 83.0 Å². The van der Waals surface area contributed by atoms with Crippen LogP contribution in [0.1, 0.15) is 29.5 Å². The van der Waals surface area contributed by atoms with Crippen LogP contribution in [0, 0.1) is 13.8 Å². The van der Waals surface area contributed by atoms with Gasteiger partial charge in [0, 0.05) is 37.2 Å². The summed E-state index contributed by atoms with van der Waals surface area (Å²) in [4.78, 5) is 32.0. The van der Waals surface area contributed by atoms with Gasteiger partial charge in [0.05, 0.1) is 13.7 Å². The highest BCUT2D eigenvalue weighted by Gasteiger charge is 2.42. The molecular weight excluding hydrogens is 392 g/mol. The Hall–Kier alpha value is -3.19. The predicted octanol–water partition coefficient (Wildman–Crippen LogP) is 2.66. The van der Waals surface area contributed by atoms with E-state index in [0.717, 1.165) is 22.6 Å². The summed E-state index contributed by atoms with van der Waals surface area (Å²) in [5.41, 5.74) is 3.74. The first-order valence-corrected chi connectivity index (χ1v) is 10.5. The normalized spacial score (nSPS) is 17.9. The number of amides is 2. The van der Waals surface area contributed by atoms with Gasteiger partial charge in [-0.05, 0) is 49.7 Å². The zero-order valence-corrected chi connectivity index (χ0v) is 18.2. The van der Waals surface area contributed by atoms with Gasteiger partial charge in [0.2, 0.25) is 5.91 Å². The van der Waals surface area contributed by atoms with Gasteiger partial charge in [0.15, 0.2) is 0 Å². The Morgan fingerprint density at radius 1 is 1.16 bits per heavy atom. The Labute approximate surface area is 182 Å². The summed E-state index contributed by atoms with van der Waals surface area (Å²) in [7, 11) is 1.61. The number of nitrogens with one attached hydrogen (secondary N) is 2. The summed E-state index contributed by atoms with van der Waals surface area (Å²) >= 11 is 0. The van der Waals surface area contributed by atoms with Crippen LogP contribution >= 0.6 is 0 Å². The number of ether oxygens (including phenoxy) is 1. The fourth-order valence-corrected chi connectivity index (χ4v) is 4.17. The van der Waals surface area contributed by atoms with Crippen molar-refractivity contribution in [1.82, 2.24) is 10.2 Å². The minimum atomic E-state index is -0.577. The van der Waals surface area contributed by atoms with E-state index >= 15 is 0 Å². The van der Waals surface area contributed by atoms with E-state index < -0.39 is 5.66 Å². The minimum absolute atomic E-state index is 0.0271. The SMILES string of the molecule is COc1ccc(C2=NC3(CCN(CC(=O)Nc4ccc(C)cc4C)CC3)NC2=O)cc1. The van der Waals surface area contributed by atoms with Crippen LogP contribution in [0.15, 0.2) is 47.5 Å². The number of methoxy groups -OCH3 is 1. The van der Waals surface area contributed by atoms with Crippen LogP contribution in [-0.4, -0.2) is 54.8 Å². The number of hydrogen-bond donors (Lipinski definition) is 2. The first-order valence-electron chi connectivity index (χ1n) is 10.5. The highest BCUT2D eigenvalue weighted by atomic mass is 16.5. The maximum atomic E-state index is 12.6. The number of likely N-dealkylation sites (tertiary alicyclic amines) is 1. The van der Waals surface area contributed by atoms with Crippen LogP contribution in [0.2, 0.25) is 0 Å². The molecule has 2 amide bonds. The Morgan fingerprint density at radius 2 is 1.87 bits per heavy atom. The molecule has 1 spiro atoms. The lowest BCUT2D eigenvalue weighted by Gasteiger charge is -2.36. The quantitative estimate of drug-likeness (QED) is 0.779. The van der Waals surface area contributed by atoms with Crippen LogP contribution in [0.4, 0.5) is 5.69 Å². The van der Waals surface area contributed by atoms with E-state index in [4.69, 9.17) is 9.73 Å². The van der Waals surface area contributed by atoms with Crippen molar-refractivity contribution < 1.29 is 14.3 Å². The van der Waals surface area contributed by atoms with E-state index in [1.54, 1.807) is 7.11 Å². The highest BCUT2D eigenvalue weighted by molar-refractivity contribution is 6.46. The maximum Gasteiger partial charge on any atom is 0.272 e.